The molecule has 0 heterocycles. The summed E-state index contributed by atoms with van der Waals surface area (Å²) in [7, 11) is 1.51. The van der Waals surface area contributed by atoms with E-state index in [0.717, 1.165) is 5.57 Å². The van der Waals surface area contributed by atoms with Crippen LogP contribution in [0.1, 0.15) is 12.8 Å². The first-order valence-corrected chi connectivity index (χ1v) is 4.59. The molecule has 0 unspecified atom stereocenters. The quantitative estimate of drug-likeness (QED) is 0.404. The number of hydrogen-bond donors (Lipinski definition) is 0. The monoisotopic (exact) mass is 207 g/mol. The van der Waals surface area contributed by atoms with Crippen molar-refractivity contribution in [2.24, 2.45) is 0 Å². The zero-order chi connectivity index (χ0) is 11.3. The molecule has 0 fully saturated rings. The van der Waals surface area contributed by atoms with E-state index in [1.54, 1.807) is 12.2 Å². The van der Waals surface area contributed by atoms with Crippen LogP contribution >= 0.6 is 0 Å². The van der Waals surface area contributed by atoms with Gasteiger partial charge in [0, 0.05) is 0 Å². The average molecular weight is 207 g/mol. The maximum absolute atomic E-state index is 10.6. The fourth-order valence-electron chi connectivity index (χ4n) is 1.37. The van der Waals surface area contributed by atoms with Gasteiger partial charge in [-0.15, -0.1) is 6.58 Å². The minimum atomic E-state index is -0.413. The molecule has 4 nitrogen and oxygen atoms in total. The van der Waals surface area contributed by atoms with Crippen molar-refractivity contribution in [1.82, 2.24) is 0 Å². The predicted octanol–water partition coefficient (Wildman–Crippen LogP) is 2.58. The van der Waals surface area contributed by atoms with E-state index in [0.29, 0.717) is 18.6 Å². The van der Waals surface area contributed by atoms with Gasteiger partial charge in [0.05, 0.1) is 18.1 Å². The van der Waals surface area contributed by atoms with E-state index in [-0.39, 0.29) is 5.70 Å². The number of nitrogens with zero attached hydrogens (tertiary/aromatic N) is 1. The molecule has 1 aliphatic rings. The Morgan fingerprint density at radius 1 is 1.67 bits per heavy atom. The molecule has 0 N–H and O–H groups in total. The Morgan fingerprint density at radius 2 is 2.40 bits per heavy atom. The van der Waals surface area contributed by atoms with E-state index < -0.39 is 4.92 Å². The van der Waals surface area contributed by atoms with Crippen molar-refractivity contribution in [3.05, 3.63) is 58.0 Å². The number of ether oxygens (including phenoxy) is 1. The lowest BCUT2D eigenvalue weighted by Crippen LogP contribution is -1.98. The van der Waals surface area contributed by atoms with Crippen molar-refractivity contribution in [2.75, 3.05) is 7.11 Å². The number of hydrogen-bond acceptors (Lipinski definition) is 3. The van der Waals surface area contributed by atoms with E-state index >= 15 is 0 Å². The summed E-state index contributed by atoms with van der Waals surface area (Å²) in [6.07, 6.45) is 7.86. The van der Waals surface area contributed by atoms with Crippen LogP contribution in [0.15, 0.2) is 47.9 Å². The van der Waals surface area contributed by atoms with E-state index in [9.17, 15) is 10.1 Å². The highest BCUT2D eigenvalue weighted by Crippen LogP contribution is 2.22. The lowest BCUT2D eigenvalue weighted by Gasteiger charge is -2.06. The lowest BCUT2D eigenvalue weighted by atomic mass is 10.1. The molecule has 1 aliphatic carbocycles. The van der Waals surface area contributed by atoms with Gasteiger partial charge in [-0.05, 0) is 24.5 Å². The summed E-state index contributed by atoms with van der Waals surface area (Å²) >= 11 is 0. The van der Waals surface area contributed by atoms with Crippen LogP contribution in [0.4, 0.5) is 0 Å². The maximum atomic E-state index is 10.6. The Bertz CT molecular complexity index is 364. The van der Waals surface area contributed by atoms with Gasteiger partial charge in [-0.3, -0.25) is 10.1 Å². The number of methoxy groups -OCH3 is 1. The maximum Gasteiger partial charge on any atom is 0.269 e. The summed E-state index contributed by atoms with van der Waals surface area (Å²) in [5.41, 5.74) is 1.00. The molecule has 1 rings (SSSR count). The van der Waals surface area contributed by atoms with Crippen molar-refractivity contribution < 1.29 is 9.66 Å². The van der Waals surface area contributed by atoms with Gasteiger partial charge in [0.1, 0.15) is 5.76 Å². The molecule has 0 saturated carbocycles. The largest absolute Gasteiger partial charge is 0.496 e. The van der Waals surface area contributed by atoms with Gasteiger partial charge < -0.3 is 4.74 Å². The third kappa shape index (κ3) is 2.80. The van der Waals surface area contributed by atoms with Gasteiger partial charge in [0.2, 0.25) is 0 Å². The molecular formula is C11H13NO3. The first-order valence-electron chi connectivity index (χ1n) is 4.59. The Balaban J connectivity index is 3.00. The summed E-state index contributed by atoms with van der Waals surface area (Å²) in [6, 6.07) is 0. The molecular weight excluding hydrogens is 194 g/mol. The average Bonchev–Trinajstić information content (AvgIpc) is 2.41. The van der Waals surface area contributed by atoms with E-state index in [1.807, 2.05) is 6.08 Å². The highest BCUT2D eigenvalue weighted by molar-refractivity contribution is 5.35. The van der Waals surface area contributed by atoms with Crippen molar-refractivity contribution in [2.45, 2.75) is 12.8 Å². The van der Waals surface area contributed by atoms with Crippen molar-refractivity contribution in [3.63, 3.8) is 0 Å². The number of nitro groups is 1. The summed E-state index contributed by atoms with van der Waals surface area (Å²) in [6.45, 7) is 3.63. The van der Waals surface area contributed by atoms with Gasteiger partial charge in [-0.25, -0.2) is 0 Å². The summed E-state index contributed by atoms with van der Waals surface area (Å²) in [5, 5.41) is 10.6. The van der Waals surface area contributed by atoms with Crippen molar-refractivity contribution in [3.8, 4) is 0 Å². The van der Waals surface area contributed by atoms with Crippen LogP contribution in [0.25, 0.3) is 0 Å². The molecule has 0 aromatic heterocycles. The summed E-state index contributed by atoms with van der Waals surface area (Å²) < 4.78 is 5.12. The topological polar surface area (TPSA) is 52.4 Å². The minimum Gasteiger partial charge on any atom is -0.496 e. The van der Waals surface area contributed by atoms with Gasteiger partial charge in [0.15, 0.2) is 0 Å². The van der Waals surface area contributed by atoms with E-state index in [1.165, 1.54) is 13.2 Å². The van der Waals surface area contributed by atoms with E-state index in [4.69, 9.17) is 4.74 Å². The smallest absolute Gasteiger partial charge is 0.269 e. The molecule has 80 valence electrons. The second kappa shape index (κ2) is 5.14. The third-order valence-corrected chi connectivity index (χ3v) is 2.08. The summed E-state index contributed by atoms with van der Waals surface area (Å²) in [5.74, 6) is 0.537. The van der Waals surface area contributed by atoms with Crippen molar-refractivity contribution >= 4 is 0 Å². The van der Waals surface area contributed by atoms with Crippen LogP contribution in [-0.2, 0) is 4.74 Å². The molecule has 0 bridgehead atoms. The molecule has 0 amide bonds. The second-order valence-electron chi connectivity index (χ2n) is 3.06. The van der Waals surface area contributed by atoms with Gasteiger partial charge in [-0.2, -0.15) is 0 Å². The first kappa shape index (κ1) is 11.2. The fraction of sp³-hybridized carbons (Fsp3) is 0.273. The Morgan fingerprint density at radius 3 is 2.93 bits per heavy atom. The third-order valence-electron chi connectivity index (χ3n) is 2.08. The lowest BCUT2D eigenvalue weighted by molar-refractivity contribution is -0.419. The zero-order valence-electron chi connectivity index (χ0n) is 8.60. The number of rotatable bonds is 4. The van der Waals surface area contributed by atoms with Crippen LogP contribution in [-0.4, -0.2) is 12.0 Å². The Kier molecular flexibility index (Phi) is 3.85. The summed E-state index contributed by atoms with van der Waals surface area (Å²) in [4.78, 5) is 10.2. The van der Waals surface area contributed by atoms with Crippen LogP contribution in [0.5, 0.6) is 0 Å². The van der Waals surface area contributed by atoms with E-state index in [2.05, 4.69) is 6.58 Å². The normalized spacial score (nSPS) is 15.7. The molecule has 0 aromatic carbocycles. The first-order chi connectivity index (χ1) is 7.19. The Labute approximate surface area is 88.4 Å². The Hall–Kier alpha value is -1.84. The molecule has 0 saturated heterocycles. The minimum absolute atomic E-state index is 0.0714. The zero-order valence-corrected chi connectivity index (χ0v) is 8.60. The number of allylic oxidation sites excluding steroid dienone is 5. The predicted molar refractivity (Wildman–Crippen MR) is 57.7 cm³/mol. The highest BCUT2D eigenvalue weighted by Gasteiger charge is 2.14. The van der Waals surface area contributed by atoms with Crippen LogP contribution in [0.3, 0.4) is 0 Å². The second-order valence-corrected chi connectivity index (χ2v) is 3.06. The van der Waals surface area contributed by atoms with Gasteiger partial charge >= 0.3 is 0 Å². The van der Waals surface area contributed by atoms with Crippen LogP contribution < -0.4 is 0 Å². The molecule has 15 heavy (non-hydrogen) atoms. The molecule has 0 atom stereocenters. The molecule has 4 heteroatoms. The molecule has 0 aliphatic heterocycles. The highest BCUT2D eigenvalue weighted by atomic mass is 16.6. The SMILES string of the molecule is C=CCC1=CCC=C([N+](=O)[O-])C=C1OC. The standard InChI is InChI=1S/C11H13NO3/c1-3-5-9-6-4-7-10(12(13)14)8-11(9)15-2/h3,6-8H,1,4-5H2,2H3. The fourth-order valence-corrected chi connectivity index (χ4v) is 1.37. The van der Waals surface area contributed by atoms with Crippen LogP contribution in [0.2, 0.25) is 0 Å². The van der Waals surface area contributed by atoms with Gasteiger partial charge in [-0.1, -0.05) is 12.2 Å². The van der Waals surface area contributed by atoms with Crippen LogP contribution in [0, 0.1) is 10.1 Å². The van der Waals surface area contributed by atoms with Gasteiger partial charge in [0.25, 0.3) is 5.70 Å². The molecule has 0 spiro atoms. The molecule has 0 aromatic rings. The molecule has 0 radical (unpaired) electrons. The van der Waals surface area contributed by atoms with Crippen molar-refractivity contribution in [1.29, 1.82) is 0 Å².